The summed E-state index contributed by atoms with van der Waals surface area (Å²) in [6.07, 6.45) is 0. The Hall–Kier alpha value is -2.14. The van der Waals surface area contributed by atoms with Crippen molar-refractivity contribution in [1.29, 1.82) is 0 Å². The van der Waals surface area contributed by atoms with E-state index in [-0.39, 0.29) is 0 Å². The molecule has 0 unspecified atom stereocenters. The molecule has 2 rings (SSSR count). The highest BCUT2D eigenvalue weighted by molar-refractivity contribution is 6.39. The smallest absolute Gasteiger partial charge is 0.291 e. The van der Waals surface area contributed by atoms with Crippen molar-refractivity contribution in [2.75, 3.05) is 5.32 Å². The van der Waals surface area contributed by atoms with Gasteiger partial charge in [0.15, 0.2) is 0 Å². The molecule has 0 spiro atoms. The highest BCUT2D eigenvalue weighted by Crippen LogP contribution is 2.21. The van der Waals surface area contributed by atoms with Crippen LogP contribution >= 0.6 is 11.6 Å². The maximum absolute atomic E-state index is 11.5. The van der Waals surface area contributed by atoms with E-state index in [0.717, 1.165) is 11.3 Å². The van der Waals surface area contributed by atoms with Crippen LogP contribution in [-0.4, -0.2) is 21.5 Å². The number of anilines is 1. The van der Waals surface area contributed by atoms with Gasteiger partial charge in [0.05, 0.1) is 23.6 Å². The van der Waals surface area contributed by atoms with Crippen molar-refractivity contribution in [3.05, 3.63) is 46.2 Å². The molecule has 0 bridgehead atoms. The third-order valence-electron chi connectivity index (χ3n) is 3.16. The van der Waals surface area contributed by atoms with Crippen LogP contribution in [0.15, 0.2) is 24.3 Å². The van der Waals surface area contributed by atoms with E-state index in [1.807, 2.05) is 31.2 Å². The Morgan fingerprint density at radius 3 is 2.67 bits per heavy atom. The van der Waals surface area contributed by atoms with Gasteiger partial charge in [-0.25, -0.2) is 0 Å². The Bertz CT molecular complexity index is 707. The second-order valence-electron chi connectivity index (χ2n) is 4.84. The van der Waals surface area contributed by atoms with Crippen LogP contribution < -0.4 is 5.32 Å². The lowest BCUT2D eigenvalue weighted by Gasteiger charge is -2.06. The monoisotopic (exact) mass is 305 g/mol. The third kappa shape index (κ3) is 3.49. The summed E-state index contributed by atoms with van der Waals surface area (Å²) in [5.41, 5.74) is 3.06. The predicted molar refractivity (Wildman–Crippen MR) is 81.6 cm³/mol. The zero-order valence-corrected chi connectivity index (χ0v) is 12.9. The SMILES string of the molecule is CC(=O)C(=O)Nc1c(C)nn(Cc2cccc(Cl)c2)c1C. The van der Waals surface area contributed by atoms with Gasteiger partial charge in [0.25, 0.3) is 5.91 Å². The summed E-state index contributed by atoms with van der Waals surface area (Å²) < 4.78 is 1.77. The van der Waals surface area contributed by atoms with Crippen molar-refractivity contribution in [3.8, 4) is 0 Å². The molecule has 0 aliphatic heterocycles. The second-order valence-corrected chi connectivity index (χ2v) is 5.28. The summed E-state index contributed by atoms with van der Waals surface area (Å²) in [6, 6.07) is 7.51. The number of Topliss-reactive ketones (excluding diaryl/α,β-unsaturated/α-hetero) is 1. The lowest BCUT2D eigenvalue weighted by atomic mass is 10.2. The molecule has 1 heterocycles. The van der Waals surface area contributed by atoms with Gasteiger partial charge in [-0.3, -0.25) is 14.3 Å². The van der Waals surface area contributed by atoms with Gasteiger partial charge in [-0.2, -0.15) is 5.10 Å². The first-order chi connectivity index (χ1) is 9.88. The third-order valence-corrected chi connectivity index (χ3v) is 3.40. The lowest BCUT2D eigenvalue weighted by molar-refractivity contribution is -0.133. The fourth-order valence-corrected chi connectivity index (χ4v) is 2.25. The zero-order valence-electron chi connectivity index (χ0n) is 12.1. The first kappa shape index (κ1) is 15.3. The van der Waals surface area contributed by atoms with E-state index in [9.17, 15) is 9.59 Å². The summed E-state index contributed by atoms with van der Waals surface area (Å²) in [4.78, 5) is 22.6. The molecule has 0 atom stereocenters. The molecular weight excluding hydrogens is 290 g/mol. The van der Waals surface area contributed by atoms with Crippen LogP contribution in [0.5, 0.6) is 0 Å². The van der Waals surface area contributed by atoms with E-state index in [1.165, 1.54) is 6.92 Å². The molecule has 6 heteroatoms. The molecule has 0 saturated carbocycles. The Morgan fingerprint density at radius 2 is 2.05 bits per heavy atom. The van der Waals surface area contributed by atoms with Crippen LogP contribution in [-0.2, 0) is 16.1 Å². The van der Waals surface area contributed by atoms with Gasteiger partial charge in [-0.1, -0.05) is 23.7 Å². The predicted octanol–water partition coefficient (Wildman–Crippen LogP) is 2.73. The Kier molecular flexibility index (Phi) is 4.43. The van der Waals surface area contributed by atoms with E-state index in [2.05, 4.69) is 10.4 Å². The first-order valence-electron chi connectivity index (χ1n) is 6.49. The Labute approximate surface area is 127 Å². The summed E-state index contributed by atoms with van der Waals surface area (Å²) in [5, 5.41) is 7.66. The maximum Gasteiger partial charge on any atom is 0.291 e. The number of halogens is 1. The van der Waals surface area contributed by atoms with E-state index in [4.69, 9.17) is 11.6 Å². The van der Waals surface area contributed by atoms with E-state index < -0.39 is 11.7 Å². The van der Waals surface area contributed by atoms with E-state index in [1.54, 1.807) is 11.6 Å². The number of aromatic nitrogens is 2. The van der Waals surface area contributed by atoms with E-state index >= 15 is 0 Å². The first-order valence-corrected chi connectivity index (χ1v) is 6.86. The van der Waals surface area contributed by atoms with Gasteiger partial charge in [0.1, 0.15) is 0 Å². The lowest BCUT2D eigenvalue weighted by Crippen LogP contribution is -2.20. The normalized spacial score (nSPS) is 10.5. The number of aryl methyl sites for hydroxylation is 1. The topological polar surface area (TPSA) is 64.0 Å². The molecule has 5 nitrogen and oxygen atoms in total. The molecule has 21 heavy (non-hydrogen) atoms. The van der Waals surface area contributed by atoms with Crippen LogP contribution in [0.1, 0.15) is 23.9 Å². The zero-order chi connectivity index (χ0) is 15.6. The summed E-state index contributed by atoms with van der Waals surface area (Å²) in [7, 11) is 0. The molecule has 0 aliphatic carbocycles. The van der Waals surface area contributed by atoms with Crippen LogP contribution in [0.25, 0.3) is 0 Å². The van der Waals surface area contributed by atoms with Crippen molar-refractivity contribution < 1.29 is 9.59 Å². The van der Waals surface area contributed by atoms with Crippen molar-refractivity contribution in [2.24, 2.45) is 0 Å². The van der Waals surface area contributed by atoms with Crippen molar-refractivity contribution >= 4 is 29.0 Å². The molecule has 0 saturated heterocycles. The Morgan fingerprint density at radius 1 is 1.33 bits per heavy atom. The fraction of sp³-hybridized carbons (Fsp3) is 0.267. The minimum atomic E-state index is -0.636. The van der Waals surface area contributed by atoms with Gasteiger partial charge in [-0.05, 0) is 31.5 Å². The minimum absolute atomic E-state index is 0.531. The number of carbonyl (C=O) groups is 2. The van der Waals surface area contributed by atoms with Gasteiger partial charge in [0.2, 0.25) is 5.78 Å². The quantitative estimate of drug-likeness (QED) is 0.883. The van der Waals surface area contributed by atoms with Crippen molar-refractivity contribution in [1.82, 2.24) is 9.78 Å². The van der Waals surface area contributed by atoms with Gasteiger partial charge < -0.3 is 5.32 Å². The van der Waals surface area contributed by atoms with Gasteiger partial charge in [-0.15, -0.1) is 0 Å². The number of rotatable bonds is 4. The molecule has 0 fully saturated rings. The molecule has 2 aromatic rings. The molecule has 1 aromatic heterocycles. The number of nitrogens with zero attached hydrogens (tertiary/aromatic N) is 2. The van der Waals surface area contributed by atoms with Gasteiger partial charge >= 0.3 is 0 Å². The van der Waals surface area contributed by atoms with Crippen LogP contribution in [0.4, 0.5) is 5.69 Å². The fourth-order valence-electron chi connectivity index (χ4n) is 2.04. The highest BCUT2D eigenvalue weighted by atomic mass is 35.5. The molecular formula is C15H16ClN3O2. The number of amides is 1. The average molecular weight is 306 g/mol. The van der Waals surface area contributed by atoms with Crippen molar-refractivity contribution in [2.45, 2.75) is 27.3 Å². The number of hydrogen-bond acceptors (Lipinski definition) is 3. The molecule has 1 N–H and O–H groups in total. The van der Waals surface area contributed by atoms with Crippen molar-refractivity contribution in [3.63, 3.8) is 0 Å². The number of benzene rings is 1. The Balaban J connectivity index is 2.26. The summed E-state index contributed by atoms with van der Waals surface area (Å²) >= 11 is 5.97. The second kappa shape index (κ2) is 6.10. The number of carbonyl (C=O) groups excluding carboxylic acids is 2. The molecule has 1 amide bonds. The molecule has 0 aliphatic rings. The molecule has 110 valence electrons. The van der Waals surface area contributed by atoms with Crippen LogP contribution in [0.2, 0.25) is 5.02 Å². The van der Waals surface area contributed by atoms with Crippen LogP contribution in [0, 0.1) is 13.8 Å². The van der Waals surface area contributed by atoms with E-state index in [0.29, 0.717) is 22.9 Å². The molecule has 0 radical (unpaired) electrons. The number of ketones is 1. The largest absolute Gasteiger partial charge is 0.316 e. The highest BCUT2D eigenvalue weighted by Gasteiger charge is 2.16. The summed E-state index contributed by atoms with van der Waals surface area (Å²) in [6.45, 7) is 5.41. The minimum Gasteiger partial charge on any atom is -0.316 e. The standard InChI is InChI=1S/C15H16ClN3O2/c1-9-14(17-15(21)11(3)20)10(2)19(18-9)8-12-5-4-6-13(16)7-12/h4-7H,8H2,1-3H3,(H,17,21). The maximum atomic E-state index is 11.5. The summed E-state index contributed by atoms with van der Waals surface area (Å²) in [5.74, 6) is -1.17. The van der Waals surface area contributed by atoms with Crippen LogP contribution in [0.3, 0.4) is 0 Å². The van der Waals surface area contributed by atoms with Gasteiger partial charge in [0, 0.05) is 11.9 Å². The molecule has 1 aromatic carbocycles. The average Bonchev–Trinajstić information content (AvgIpc) is 2.66. The number of nitrogens with one attached hydrogen (secondary N) is 1. The number of hydrogen-bond donors (Lipinski definition) is 1.